The van der Waals surface area contributed by atoms with Gasteiger partial charge in [0.15, 0.2) is 0 Å². The van der Waals surface area contributed by atoms with Gasteiger partial charge in [-0.3, -0.25) is 4.90 Å². The summed E-state index contributed by atoms with van der Waals surface area (Å²) in [6, 6.07) is 7.84. The van der Waals surface area contributed by atoms with Gasteiger partial charge in [0.1, 0.15) is 12.4 Å². The highest BCUT2D eigenvalue weighted by Gasteiger charge is 2.32. The van der Waals surface area contributed by atoms with Gasteiger partial charge in [-0.2, -0.15) is 0 Å². The highest BCUT2D eigenvalue weighted by atomic mass is 16.5. The van der Waals surface area contributed by atoms with Gasteiger partial charge < -0.3 is 20.3 Å². The molecular weight excluding hydrogens is 268 g/mol. The lowest BCUT2D eigenvalue weighted by Gasteiger charge is -2.42. The number of aliphatic hydroxyl groups excluding tert-OH is 1. The zero-order chi connectivity index (χ0) is 15.3. The molecule has 0 bridgehead atoms. The number of ether oxygens (including phenoxy) is 2. The summed E-state index contributed by atoms with van der Waals surface area (Å²) in [6.07, 6.45) is -0.120. The molecule has 0 saturated carbocycles. The van der Waals surface area contributed by atoms with Gasteiger partial charge in [0.05, 0.1) is 18.3 Å². The molecule has 1 saturated heterocycles. The molecule has 118 valence electrons. The molecule has 5 heteroatoms. The minimum absolute atomic E-state index is 0.0524. The quantitative estimate of drug-likeness (QED) is 0.819. The Morgan fingerprint density at radius 1 is 1.43 bits per heavy atom. The molecule has 1 atom stereocenters. The Balaban J connectivity index is 1.85. The number of aliphatic hydroxyl groups is 1. The molecule has 0 aromatic heterocycles. The molecule has 1 heterocycles. The maximum absolute atomic E-state index is 9.32. The first-order chi connectivity index (χ1) is 10.0. The molecule has 0 radical (unpaired) electrons. The van der Waals surface area contributed by atoms with Crippen molar-refractivity contribution in [3.63, 3.8) is 0 Å². The molecule has 0 spiro atoms. The second-order valence-electron chi connectivity index (χ2n) is 6.08. The smallest absolute Gasteiger partial charge is 0.123 e. The zero-order valence-electron chi connectivity index (χ0n) is 12.9. The fraction of sp³-hybridized carbons (Fsp3) is 0.625. The summed E-state index contributed by atoms with van der Waals surface area (Å²) in [4.78, 5) is 2.27. The standard InChI is InChI=1S/C16H26N2O3/c1-16(2)12-18(10-14(11-19)21-16)7-8-20-15-6-4-3-5-13(15)9-17/h3-6,14,19H,7-12,17H2,1-2H3. The number of hydrogen-bond donors (Lipinski definition) is 2. The van der Waals surface area contributed by atoms with Gasteiger partial charge in [-0.25, -0.2) is 0 Å². The van der Waals surface area contributed by atoms with Crippen LogP contribution in [0.5, 0.6) is 5.75 Å². The van der Waals surface area contributed by atoms with Crippen molar-refractivity contribution in [2.24, 2.45) is 5.73 Å². The molecule has 3 N–H and O–H groups in total. The average Bonchev–Trinajstić information content (AvgIpc) is 2.46. The van der Waals surface area contributed by atoms with Crippen LogP contribution in [-0.4, -0.2) is 54.6 Å². The molecule has 21 heavy (non-hydrogen) atoms. The maximum Gasteiger partial charge on any atom is 0.123 e. The normalized spacial score (nSPS) is 22.2. The van der Waals surface area contributed by atoms with Gasteiger partial charge in [-0.15, -0.1) is 0 Å². The fourth-order valence-electron chi connectivity index (χ4n) is 2.78. The maximum atomic E-state index is 9.32. The van der Waals surface area contributed by atoms with Crippen molar-refractivity contribution in [2.75, 3.05) is 32.8 Å². The monoisotopic (exact) mass is 294 g/mol. The number of morpholine rings is 1. The van der Waals surface area contributed by atoms with E-state index in [2.05, 4.69) is 4.90 Å². The summed E-state index contributed by atoms with van der Waals surface area (Å²) in [6.45, 7) is 7.61. The predicted octanol–water partition coefficient (Wildman–Crippen LogP) is 0.996. The van der Waals surface area contributed by atoms with Crippen LogP contribution in [-0.2, 0) is 11.3 Å². The van der Waals surface area contributed by atoms with Crippen LogP contribution in [0.2, 0.25) is 0 Å². The SMILES string of the molecule is CC1(C)CN(CCOc2ccccc2CN)CC(CO)O1. The van der Waals surface area contributed by atoms with Crippen molar-refractivity contribution in [2.45, 2.75) is 32.1 Å². The molecule has 1 aliphatic rings. The van der Waals surface area contributed by atoms with E-state index in [1.807, 2.05) is 38.1 Å². The number of rotatable bonds is 6. The Morgan fingerprint density at radius 3 is 2.90 bits per heavy atom. The summed E-state index contributed by atoms with van der Waals surface area (Å²) in [5, 5.41) is 9.32. The van der Waals surface area contributed by atoms with Crippen molar-refractivity contribution in [3.05, 3.63) is 29.8 Å². The summed E-state index contributed by atoms with van der Waals surface area (Å²) in [5.41, 5.74) is 6.49. The van der Waals surface area contributed by atoms with Crippen molar-refractivity contribution in [3.8, 4) is 5.75 Å². The van der Waals surface area contributed by atoms with Crippen molar-refractivity contribution in [1.82, 2.24) is 4.90 Å². The van der Waals surface area contributed by atoms with Crippen LogP contribution in [0.25, 0.3) is 0 Å². The lowest BCUT2D eigenvalue weighted by atomic mass is 10.1. The molecule has 1 aromatic carbocycles. The number of benzene rings is 1. The number of para-hydroxylation sites is 1. The van der Waals surface area contributed by atoms with Gasteiger partial charge >= 0.3 is 0 Å². The van der Waals surface area contributed by atoms with E-state index in [-0.39, 0.29) is 18.3 Å². The van der Waals surface area contributed by atoms with Crippen LogP contribution in [0.1, 0.15) is 19.4 Å². The van der Waals surface area contributed by atoms with E-state index in [0.717, 1.165) is 30.9 Å². The highest BCUT2D eigenvalue weighted by Crippen LogP contribution is 2.21. The summed E-state index contributed by atoms with van der Waals surface area (Å²) in [7, 11) is 0. The predicted molar refractivity (Wildman–Crippen MR) is 82.3 cm³/mol. The summed E-state index contributed by atoms with van der Waals surface area (Å²) >= 11 is 0. The molecule has 2 rings (SSSR count). The third-order valence-electron chi connectivity index (χ3n) is 3.61. The Kier molecular flexibility index (Phi) is 5.58. The summed E-state index contributed by atoms with van der Waals surface area (Å²) < 4.78 is 11.6. The first-order valence-corrected chi connectivity index (χ1v) is 7.46. The van der Waals surface area contributed by atoms with Gasteiger partial charge in [-0.05, 0) is 19.9 Å². The second kappa shape index (κ2) is 7.22. The second-order valence-corrected chi connectivity index (χ2v) is 6.08. The van der Waals surface area contributed by atoms with Crippen LogP contribution in [0.15, 0.2) is 24.3 Å². The minimum Gasteiger partial charge on any atom is -0.492 e. The molecule has 1 unspecified atom stereocenters. The number of nitrogens with two attached hydrogens (primary N) is 1. The van der Waals surface area contributed by atoms with Gasteiger partial charge in [0.25, 0.3) is 0 Å². The number of hydrogen-bond acceptors (Lipinski definition) is 5. The Morgan fingerprint density at radius 2 is 2.19 bits per heavy atom. The lowest BCUT2D eigenvalue weighted by molar-refractivity contribution is -0.149. The fourth-order valence-corrected chi connectivity index (χ4v) is 2.78. The molecule has 0 amide bonds. The van der Waals surface area contributed by atoms with E-state index in [4.69, 9.17) is 15.2 Å². The molecule has 1 aromatic rings. The number of nitrogens with zero attached hydrogens (tertiary/aromatic N) is 1. The van der Waals surface area contributed by atoms with E-state index in [0.29, 0.717) is 13.2 Å². The minimum atomic E-state index is -0.235. The van der Waals surface area contributed by atoms with Gasteiger partial charge in [0.2, 0.25) is 0 Å². The molecule has 0 aliphatic carbocycles. The van der Waals surface area contributed by atoms with Crippen molar-refractivity contribution >= 4 is 0 Å². The van der Waals surface area contributed by atoms with Crippen LogP contribution >= 0.6 is 0 Å². The van der Waals surface area contributed by atoms with Crippen molar-refractivity contribution in [1.29, 1.82) is 0 Å². The first kappa shape index (κ1) is 16.2. The molecule has 1 fully saturated rings. The molecule has 5 nitrogen and oxygen atoms in total. The zero-order valence-corrected chi connectivity index (χ0v) is 12.9. The van der Waals surface area contributed by atoms with Crippen LogP contribution in [0, 0.1) is 0 Å². The third-order valence-corrected chi connectivity index (χ3v) is 3.61. The van der Waals surface area contributed by atoms with E-state index in [9.17, 15) is 5.11 Å². The lowest BCUT2D eigenvalue weighted by Crippen LogP contribution is -2.54. The molecular formula is C16H26N2O3. The van der Waals surface area contributed by atoms with E-state index >= 15 is 0 Å². The summed E-state index contributed by atoms with van der Waals surface area (Å²) in [5.74, 6) is 0.853. The van der Waals surface area contributed by atoms with Crippen LogP contribution < -0.4 is 10.5 Å². The molecule has 1 aliphatic heterocycles. The largest absolute Gasteiger partial charge is 0.492 e. The van der Waals surface area contributed by atoms with E-state index < -0.39 is 0 Å². The van der Waals surface area contributed by atoms with Gasteiger partial charge in [0, 0.05) is 31.7 Å². The van der Waals surface area contributed by atoms with E-state index in [1.165, 1.54) is 0 Å². The highest BCUT2D eigenvalue weighted by molar-refractivity contribution is 5.32. The topological polar surface area (TPSA) is 68.0 Å². The average molecular weight is 294 g/mol. The van der Waals surface area contributed by atoms with Crippen LogP contribution in [0.4, 0.5) is 0 Å². The van der Waals surface area contributed by atoms with Crippen molar-refractivity contribution < 1.29 is 14.6 Å². The Bertz CT molecular complexity index is 451. The third kappa shape index (κ3) is 4.68. The Labute approximate surface area is 126 Å². The Hall–Kier alpha value is -1.14. The van der Waals surface area contributed by atoms with E-state index in [1.54, 1.807) is 0 Å². The van der Waals surface area contributed by atoms with Crippen LogP contribution in [0.3, 0.4) is 0 Å². The van der Waals surface area contributed by atoms with Gasteiger partial charge in [-0.1, -0.05) is 18.2 Å². The first-order valence-electron chi connectivity index (χ1n) is 7.46.